The lowest BCUT2D eigenvalue weighted by atomic mass is 9.94. The fraction of sp³-hybridized carbons (Fsp3) is 0.394. The Labute approximate surface area is 235 Å². The Bertz CT molecular complexity index is 1160. The number of hydrogen-bond acceptors (Lipinski definition) is 5. The fourth-order valence-corrected chi connectivity index (χ4v) is 3.07. The number of carbonyl (C=O) groups is 3. The molecule has 39 heavy (non-hydrogen) atoms. The van der Waals surface area contributed by atoms with E-state index in [1.807, 2.05) is 118 Å². The first kappa shape index (κ1) is 35.2. The van der Waals surface area contributed by atoms with Gasteiger partial charge in [-0.1, -0.05) is 109 Å². The summed E-state index contributed by atoms with van der Waals surface area (Å²) in [6.45, 7) is 20.4. The Morgan fingerprint density at radius 2 is 1.23 bits per heavy atom. The second-order valence-electron chi connectivity index (χ2n) is 10.1. The van der Waals surface area contributed by atoms with E-state index in [4.69, 9.17) is 4.74 Å². The Morgan fingerprint density at radius 1 is 0.744 bits per heavy atom. The van der Waals surface area contributed by atoms with Gasteiger partial charge in [-0.15, -0.1) is 0 Å². The van der Waals surface area contributed by atoms with Crippen molar-refractivity contribution in [2.24, 2.45) is 5.41 Å². The van der Waals surface area contributed by atoms with E-state index in [1.165, 1.54) is 6.92 Å². The molecule has 2 aromatic carbocycles. The predicted octanol–water partition coefficient (Wildman–Crippen LogP) is 8.36. The van der Waals surface area contributed by atoms with Gasteiger partial charge in [0.2, 0.25) is 5.91 Å². The monoisotopic (exact) mass is 534 g/mol. The van der Waals surface area contributed by atoms with Gasteiger partial charge in [0.25, 0.3) is 0 Å². The highest BCUT2D eigenvalue weighted by atomic mass is 16.6. The summed E-state index contributed by atoms with van der Waals surface area (Å²) in [4.78, 5) is 40.5. The number of ketones is 1. The average Bonchev–Trinajstić information content (AvgIpc) is 2.90. The van der Waals surface area contributed by atoms with E-state index >= 15 is 0 Å². The Balaban J connectivity index is 0.00000102. The molecule has 212 valence electrons. The minimum atomic E-state index is -0.600. The van der Waals surface area contributed by atoms with Crippen LogP contribution in [-0.4, -0.2) is 28.2 Å². The minimum Gasteiger partial charge on any atom is -0.460 e. The van der Waals surface area contributed by atoms with E-state index in [0.717, 1.165) is 5.56 Å². The maximum atomic E-state index is 13.1. The van der Waals surface area contributed by atoms with E-state index in [0.29, 0.717) is 22.5 Å². The summed E-state index contributed by atoms with van der Waals surface area (Å²) in [6, 6.07) is 20.2. The van der Waals surface area contributed by atoms with E-state index in [9.17, 15) is 14.4 Å². The highest BCUT2D eigenvalue weighted by Gasteiger charge is 2.26. The van der Waals surface area contributed by atoms with Gasteiger partial charge in [-0.3, -0.25) is 19.4 Å². The van der Waals surface area contributed by atoms with Crippen LogP contribution in [0.15, 0.2) is 72.9 Å². The van der Waals surface area contributed by atoms with E-state index in [-0.39, 0.29) is 23.3 Å². The molecular formula is C33H46N2O4. The zero-order valence-corrected chi connectivity index (χ0v) is 25.5. The second-order valence-corrected chi connectivity index (χ2v) is 10.1. The standard InChI is InChI=1S/C23H22N2O2.C6H12O2.2C2H6/c1-23(2,3)22(27)25-20-18(21(26)17-12-8-5-9-13-17)14-15-24-19(20)16-10-6-4-7-11-16;1-5(7)8-6(2,3)4;2*1-2/h4-15H,1-3H3,(H,25,27);1-4H3;2*1-2H3. The Hall–Kier alpha value is -3.80. The van der Waals surface area contributed by atoms with Crippen molar-refractivity contribution in [2.75, 3.05) is 5.32 Å². The van der Waals surface area contributed by atoms with Crippen LogP contribution in [0.4, 0.5) is 5.69 Å². The van der Waals surface area contributed by atoms with Gasteiger partial charge in [0.05, 0.1) is 11.4 Å². The van der Waals surface area contributed by atoms with E-state index in [1.54, 1.807) is 24.4 Å². The first-order valence-electron chi connectivity index (χ1n) is 13.4. The third-order valence-corrected chi connectivity index (χ3v) is 4.65. The molecule has 0 aliphatic rings. The molecule has 0 bridgehead atoms. The average molecular weight is 535 g/mol. The Morgan fingerprint density at radius 3 is 1.64 bits per heavy atom. The van der Waals surface area contributed by atoms with Crippen LogP contribution in [0.3, 0.4) is 0 Å². The highest BCUT2D eigenvalue weighted by molar-refractivity contribution is 6.15. The summed E-state index contributed by atoms with van der Waals surface area (Å²) in [5.41, 5.74) is 1.92. The molecule has 1 aromatic heterocycles. The molecule has 1 heterocycles. The molecule has 1 N–H and O–H groups in total. The molecule has 6 heteroatoms. The van der Waals surface area contributed by atoms with Crippen molar-refractivity contribution in [1.82, 2.24) is 4.98 Å². The van der Waals surface area contributed by atoms with Gasteiger partial charge in [0.15, 0.2) is 5.78 Å². The molecule has 0 aliphatic carbocycles. The molecule has 0 saturated heterocycles. The lowest BCUT2D eigenvalue weighted by Gasteiger charge is -2.21. The van der Waals surface area contributed by atoms with Crippen molar-refractivity contribution in [1.29, 1.82) is 0 Å². The molecule has 3 aromatic rings. The van der Waals surface area contributed by atoms with Gasteiger partial charge in [-0.05, 0) is 26.8 Å². The first-order chi connectivity index (χ1) is 18.3. The number of rotatable bonds is 4. The van der Waals surface area contributed by atoms with Crippen molar-refractivity contribution < 1.29 is 19.1 Å². The third kappa shape index (κ3) is 12.5. The zero-order chi connectivity index (χ0) is 30.2. The van der Waals surface area contributed by atoms with Gasteiger partial charge in [0.1, 0.15) is 5.60 Å². The van der Waals surface area contributed by atoms with Crippen LogP contribution >= 0.6 is 0 Å². The molecule has 0 atom stereocenters. The van der Waals surface area contributed by atoms with Crippen molar-refractivity contribution in [2.45, 2.75) is 81.8 Å². The van der Waals surface area contributed by atoms with Crippen LogP contribution in [0.1, 0.15) is 92.1 Å². The smallest absolute Gasteiger partial charge is 0.303 e. The summed E-state index contributed by atoms with van der Waals surface area (Å²) >= 11 is 0. The Kier molecular flexibility index (Phi) is 15.3. The lowest BCUT2D eigenvalue weighted by molar-refractivity contribution is -0.151. The number of pyridine rings is 1. The third-order valence-electron chi connectivity index (χ3n) is 4.65. The SMILES string of the molecule is CC.CC.CC(=O)OC(C)(C)C.CC(C)(C)C(=O)Nc1c(C(=O)c2ccccc2)ccnc1-c1ccccc1. The number of hydrogen-bond donors (Lipinski definition) is 1. The number of carbonyl (C=O) groups excluding carboxylic acids is 3. The number of nitrogens with zero attached hydrogens (tertiary/aromatic N) is 1. The van der Waals surface area contributed by atoms with E-state index < -0.39 is 5.41 Å². The molecule has 0 spiro atoms. The summed E-state index contributed by atoms with van der Waals surface area (Å²) in [7, 11) is 0. The maximum Gasteiger partial charge on any atom is 0.303 e. The first-order valence-corrected chi connectivity index (χ1v) is 13.4. The number of benzene rings is 2. The van der Waals surface area contributed by atoms with Gasteiger partial charge >= 0.3 is 5.97 Å². The van der Waals surface area contributed by atoms with Crippen molar-refractivity contribution in [3.8, 4) is 11.3 Å². The summed E-state index contributed by atoms with van der Waals surface area (Å²) in [5, 5.41) is 2.95. The lowest BCUT2D eigenvalue weighted by Crippen LogP contribution is -2.29. The second kappa shape index (κ2) is 16.9. The molecule has 6 nitrogen and oxygen atoms in total. The normalized spacial score (nSPS) is 10.2. The van der Waals surface area contributed by atoms with Gasteiger partial charge in [-0.25, -0.2) is 0 Å². The van der Waals surface area contributed by atoms with Crippen LogP contribution in [0.2, 0.25) is 0 Å². The maximum absolute atomic E-state index is 13.1. The molecular weight excluding hydrogens is 488 g/mol. The highest BCUT2D eigenvalue weighted by Crippen LogP contribution is 2.32. The van der Waals surface area contributed by atoms with Crippen LogP contribution in [-0.2, 0) is 14.3 Å². The summed E-state index contributed by atoms with van der Waals surface area (Å²) in [5.74, 6) is -0.549. The summed E-state index contributed by atoms with van der Waals surface area (Å²) < 4.78 is 4.80. The number of aromatic nitrogens is 1. The fourth-order valence-electron chi connectivity index (χ4n) is 3.07. The van der Waals surface area contributed by atoms with Gasteiger partial charge in [0, 0.05) is 35.2 Å². The van der Waals surface area contributed by atoms with Crippen LogP contribution in [0.5, 0.6) is 0 Å². The number of amides is 1. The largest absolute Gasteiger partial charge is 0.460 e. The predicted molar refractivity (Wildman–Crippen MR) is 162 cm³/mol. The van der Waals surface area contributed by atoms with Crippen molar-refractivity contribution in [3.63, 3.8) is 0 Å². The topological polar surface area (TPSA) is 85.4 Å². The minimum absolute atomic E-state index is 0.153. The molecule has 3 rings (SSSR count). The van der Waals surface area contributed by atoms with Crippen LogP contribution in [0, 0.1) is 5.41 Å². The van der Waals surface area contributed by atoms with Crippen molar-refractivity contribution in [3.05, 3.63) is 84.1 Å². The number of esters is 1. The molecule has 1 amide bonds. The summed E-state index contributed by atoms with van der Waals surface area (Å²) in [6.07, 6.45) is 1.60. The number of ether oxygens (including phenoxy) is 1. The molecule has 0 radical (unpaired) electrons. The van der Waals surface area contributed by atoms with E-state index in [2.05, 4.69) is 10.3 Å². The van der Waals surface area contributed by atoms with Crippen LogP contribution in [0.25, 0.3) is 11.3 Å². The van der Waals surface area contributed by atoms with Gasteiger partial charge < -0.3 is 10.1 Å². The molecule has 0 saturated carbocycles. The van der Waals surface area contributed by atoms with Gasteiger partial charge in [-0.2, -0.15) is 0 Å². The zero-order valence-electron chi connectivity index (χ0n) is 25.5. The van der Waals surface area contributed by atoms with Crippen LogP contribution < -0.4 is 5.32 Å². The number of anilines is 1. The molecule has 0 unspecified atom stereocenters. The quantitative estimate of drug-likeness (QED) is 0.268. The molecule has 0 aliphatic heterocycles. The van der Waals surface area contributed by atoms with Crippen molar-refractivity contribution >= 4 is 23.3 Å². The number of nitrogens with one attached hydrogen (secondary N) is 1. The molecule has 0 fully saturated rings.